The third-order valence-corrected chi connectivity index (χ3v) is 4.09. The molecule has 1 saturated carbocycles. The highest BCUT2D eigenvalue weighted by Gasteiger charge is 2.18. The summed E-state index contributed by atoms with van der Waals surface area (Å²) in [5.41, 5.74) is 1.00. The highest BCUT2D eigenvalue weighted by Crippen LogP contribution is 2.30. The molecule has 2 unspecified atom stereocenters. The van der Waals surface area contributed by atoms with Crippen molar-refractivity contribution in [3.63, 3.8) is 0 Å². The van der Waals surface area contributed by atoms with Crippen molar-refractivity contribution in [2.75, 3.05) is 23.7 Å². The minimum Gasteiger partial charge on any atom is -0.370 e. The summed E-state index contributed by atoms with van der Waals surface area (Å²) in [7, 11) is 0. The maximum absolute atomic E-state index is 4.49. The van der Waals surface area contributed by atoms with Crippen LogP contribution in [0.1, 0.15) is 51.6 Å². The van der Waals surface area contributed by atoms with Crippen LogP contribution in [-0.4, -0.2) is 23.1 Å². The summed E-state index contributed by atoms with van der Waals surface area (Å²) in [6.07, 6.45) is 6.87. The molecule has 0 radical (unpaired) electrons. The standard InChI is InChI=1S/C16H28N4/c1-4-17-16-19-13(3)11-15(20-16)18-9-8-14-7-5-6-12(2)10-14/h11-12,14H,4-10H2,1-3H3,(H2,17,18,19,20). The third-order valence-electron chi connectivity index (χ3n) is 4.09. The zero-order valence-electron chi connectivity index (χ0n) is 13.1. The Hall–Kier alpha value is -1.32. The first-order chi connectivity index (χ1) is 9.67. The van der Waals surface area contributed by atoms with Crippen molar-refractivity contribution in [1.29, 1.82) is 0 Å². The Kier molecular flexibility index (Phi) is 5.62. The second-order valence-electron chi connectivity index (χ2n) is 6.10. The number of nitrogens with zero attached hydrogens (tertiary/aromatic N) is 2. The molecule has 0 aliphatic heterocycles. The van der Waals surface area contributed by atoms with Crippen molar-refractivity contribution < 1.29 is 0 Å². The molecule has 0 amide bonds. The highest BCUT2D eigenvalue weighted by molar-refractivity contribution is 5.41. The molecule has 0 bridgehead atoms. The molecule has 1 aliphatic carbocycles. The van der Waals surface area contributed by atoms with Crippen molar-refractivity contribution in [3.05, 3.63) is 11.8 Å². The van der Waals surface area contributed by atoms with Gasteiger partial charge in [0, 0.05) is 24.8 Å². The van der Waals surface area contributed by atoms with Gasteiger partial charge in [-0.3, -0.25) is 0 Å². The van der Waals surface area contributed by atoms with E-state index < -0.39 is 0 Å². The molecule has 1 fully saturated rings. The van der Waals surface area contributed by atoms with Crippen molar-refractivity contribution >= 4 is 11.8 Å². The van der Waals surface area contributed by atoms with Crippen LogP contribution in [0.3, 0.4) is 0 Å². The number of nitrogens with one attached hydrogen (secondary N) is 2. The third kappa shape index (κ3) is 4.66. The van der Waals surface area contributed by atoms with Gasteiger partial charge in [0.05, 0.1) is 0 Å². The lowest BCUT2D eigenvalue weighted by Gasteiger charge is -2.26. The van der Waals surface area contributed by atoms with E-state index in [1.54, 1.807) is 0 Å². The Bertz CT molecular complexity index is 419. The molecule has 4 nitrogen and oxygen atoms in total. The molecule has 4 heteroatoms. The van der Waals surface area contributed by atoms with E-state index in [9.17, 15) is 0 Å². The molecule has 2 N–H and O–H groups in total. The summed E-state index contributed by atoms with van der Waals surface area (Å²) in [5.74, 6) is 3.47. The second-order valence-corrected chi connectivity index (χ2v) is 6.10. The summed E-state index contributed by atoms with van der Waals surface area (Å²) >= 11 is 0. The average Bonchev–Trinajstić information content (AvgIpc) is 2.38. The van der Waals surface area contributed by atoms with Gasteiger partial charge in [-0.25, -0.2) is 4.98 Å². The number of rotatable bonds is 6. The van der Waals surface area contributed by atoms with Gasteiger partial charge in [-0.2, -0.15) is 4.98 Å². The first-order valence-corrected chi connectivity index (χ1v) is 8.00. The maximum Gasteiger partial charge on any atom is 0.224 e. The first-order valence-electron chi connectivity index (χ1n) is 8.00. The van der Waals surface area contributed by atoms with Crippen LogP contribution in [0.2, 0.25) is 0 Å². The van der Waals surface area contributed by atoms with E-state index in [-0.39, 0.29) is 0 Å². The molecule has 1 aromatic rings. The number of aromatic nitrogens is 2. The lowest BCUT2D eigenvalue weighted by atomic mass is 9.81. The number of anilines is 2. The van der Waals surface area contributed by atoms with Crippen molar-refractivity contribution in [2.24, 2.45) is 11.8 Å². The van der Waals surface area contributed by atoms with Gasteiger partial charge in [0.1, 0.15) is 5.82 Å². The van der Waals surface area contributed by atoms with Crippen LogP contribution in [0.15, 0.2) is 6.07 Å². The van der Waals surface area contributed by atoms with Crippen LogP contribution in [-0.2, 0) is 0 Å². The second kappa shape index (κ2) is 7.46. The van der Waals surface area contributed by atoms with Gasteiger partial charge >= 0.3 is 0 Å². The van der Waals surface area contributed by atoms with E-state index in [1.165, 1.54) is 32.1 Å². The van der Waals surface area contributed by atoms with E-state index in [4.69, 9.17) is 0 Å². The lowest BCUT2D eigenvalue weighted by molar-refractivity contribution is 0.274. The fourth-order valence-corrected chi connectivity index (χ4v) is 3.12. The Labute approximate surface area is 122 Å². The summed E-state index contributed by atoms with van der Waals surface area (Å²) in [6, 6.07) is 2.02. The highest BCUT2D eigenvalue weighted by atomic mass is 15.1. The molecule has 0 aromatic carbocycles. The Morgan fingerprint density at radius 3 is 2.85 bits per heavy atom. The summed E-state index contributed by atoms with van der Waals surface area (Å²) in [5, 5.41) is 6.63. The van der Waals surface area contributed by atoms with Crippen molar-refractivity contribution in [3.8, 4) is 0 Å². The van der Waals surface area contributed by atoms with Crippen LogP contribution in [0, 0.1) is 18.8 Å². The Morgan fingerprint density at radius 2 is 2.10 bits per heavy atom. The predicted molar refractivity (Wildman–Crippen MR) is 85.2 cm³/mol. The largest absolute Gasteiger partial charge is 0.370 e. The molecule has 1 heterocycles. The molecule has 1 aromatic heterocycles. The number of hydrogen-bond acceptors (Lipinski definition) is 4. The molecule has 2 atom stereocenters. The maximum atomic E-state index is 4.49. The van der Waals surface area contributed by atoms with Crippen molar-refractivity contribution in [1.82, 2.24) is 9.97 Å². The van der Waals surface area contributed by atoms with Gasteiger partial charge in [0.25, 0.3) is 0 Å². The summed E-state index contributed by atoms with van der Waals surface area (Å²) in [4.78, 5) is 8.86. The molecule has 0 spiro atoms. The molecule has 112 valence electrons. The monoisotopic (exact) mass is 276 g/mol. The normalized spacial score (nSPS) is 22.6. The van der Waals surface area contributed by atoms with Gasteiger partial charge in [-0.15, -0.1) is 0 Å². The topological polar surface area (TPSA) is 49.8 Å². The number of hydrogen-bond donors (Lipinski definition) is 2. The van der Waals surface area contributed by atoms with Crippen LogP contribution >= 0.6 is 0 Å². The smallest absolute Gasteiger partial charge is 0.224 e. The van der Waals surface area contributed by atoms with Gasteiger partial charge in [-0.1, -0.05) is 26.2 Å². The Morgan fingerprint density at radius 1 is 1.25 bits per heavy atom. The molecule has 1 aliphatic rings. The summed E-state index contributed by atoms with van der Waals surface area (Å²) in [6.45, 7) is 8.32. The zero-order chi connectivity index (χ0) is 14.4. The fourth-order valence-electron chi connectivity index (χ4n) is 3.12. The Balaban J connectivity index is 1.81. The SMILES string of the molecule is CCNc1nc(C)cc(NCCC2CCCC(C)C2)n1. The van der Waals surface area contributed by atoms with E-state index in [2.05, 4.69) is 34.4 Å². The molecule has 2 rings (SSSR count). The lowest BCUT2D eigenvalue weighted by Crippen LogP contribution is -2.17. The van der Waals surface area contributed by atoms with E-state index in [0.717, 1.165) is 42.4 Å². The van der Waals surface area contributed by atoms with Crippen LogP contribution in [0.4, 0.5) is 11.8 Å². The minimum atomic E-state index is 0.723. The quantitative estimate of drug-likeness (QED) is 0.828. The van der Waals surface area contributed by atoms with E-state index in [1.807, 2.05) is 13.0 Å². The predicted octanol–water partition coefficient (Wildman–Crippen LogP) is 3.85. The first kappa shape index (κ1) is 15.1. The van der Waals surface area contributed by atoms with Crippen LogP contribution < -0.4 is 10.6 Å². The van der Waals surface area contributed by atoms with E-state index >= 15 is 0 Å². The summed E-state index contributed by atoms with van der Waals surface area (Å²) < 4.78 is 0. The molecular formula is C16H28N4. The van der Waals surface area contributed by atoms with Crippen LogP contribution in [0.5, 0.6) is 0 Å². The molecule has 20 heavy (non-hydrogen) atoms. The fraction of sp³-hybridized carbons (Fsp3) is 0.750. The van der Waals surface area contributed by atoms with E-state index in [0.29, 0.717) is 0 Å². The molecular weight excluding hydrogens is 248 g/mol. The number of aryl methyl sites for hydroxylation is 1. The molecule has 0 saturated heterocycles. The zero-order valence-corrected chi connectivity index (χ0v) is 13.1. The van der Waals surface area contributed by atoms with Gasteiger partial charge in [0.15, 0.2) is 0 Å². The van der Waals surface area contributed by atoms with Gasteiger partial charge in [-0.05, 0) is 38.5 Å². The van der Waals surface area contributed by atoms with Gasteiger partial charge < -0.3 is 10.6 Å². The minimum absolute atomic E-state index is 0.723. The average molecular weight is 276 g/mol. The van der Waals surface area contributed by atoms with Crippen molar-refractivity contribution in [2.45, 2.75) is 52.9 Å². The van der Waals surface area contributed by atoms with Gasteiger partial charge in [0.2, 0.25) is 5.95 Å². The van der Waals surface area contributed by atoms with Crippen LogP contribution in [0.25, 0.3) is 0 Å².